The van der Waals surface area contributed by atoms with Crippen LogP contribution in [0.4, 0.5) is 0 Å². The van der Waals surface area contributed by atoms with Crippen LogP contribution in [0.15, 0.2) is 12.2 Å². The van der Waals surface area contributed by atoms with E-state index in [1.807, 2.05) is 6.92 Å². The van der Waals surface area contributed by atoms with Crippen LogP contribution in [-0.4, -0.2) is 211 Å². The highest BCUT2D eigenvalue weighted by Crippen LogP contribution is 2.79. The fourth-order valence-electron chi connectivity index (χ4n) is 16.0. The van der Waals surface area contributed by atoms with Gasteiger partial charge < -0.3 is 89.3 Å². The van der Waals surface area contributed by atoms with Crippen LogP contribution in [0.3, 0.4) is 0 Å². The number of carbonyl (C=O) groups is 1. The zero-order valence-corrected chi connectivity index (χ0v) is 42.3. The number of hydrogen-bond acceptors (Lipinski definition) is 21. The molecule has 0 aromatic heterocycles. The van der Waals surface area contributed by atoms with Gasteiger partial charge in [-0.3, -0.25) is 9.35 Å². The number of fused-ring (bicyclic) bond motifs is 4. The molecule has 24 heteroatoms. The van der Waals surface area contributed by atoms with Gasteiger partial charge in [0, 0.05) is 22.2 Å². The van der Waals surface area contributed by atoms with Crippen molar-refractivity contribution in [3.8, 4) is 0 Å². The van der Waals surface area contributed by atoms with Gasteiger partial charge in [0.2, 0.25) is 0 Å². The molecule has 412 valence electrons. The smallest absolute Gasteiger partial charge is 0.397 e. The summed E-state index contributed by atoms with van der Waals surface area (Å²) in [6.45, 7) is 9.99. The lowest BCUT2D eigenvalue weighted by Gasteiger charge is -2.73. The van der Waals surface area contributed by atoms with E-state index >= 15 is 0 Å². The molecule has 1 unspecified atom stereocenters. The van der Waals surface area contributed by atoms with Crippen LogP contribution in [0.5, 0.6) is 0 Å². The van der Waals surface area contributed by atoms with E-state index in [2.05, 4.69) is 37.1 Å². The topological polar surface area (TPSA) is 368 Å². The van der Waals surface area contributed by atoms with Crippen molar-refractivity contribution in [2.75, 3.05) is 26.4 Å². The van der Waals surface area contributed by atoms with Gasteiger partial charge >= 0.3 is 16.4 Å². The van der Waals surface area contributed by atoms with Crippen molar-refractivity contribution in [1.29, 1.82) is 0 Å². The Morgan fingerprint density at radius 2 is 1.33 bits per heavy atom. The van der Waals surface area contributed by atoms with E-state index in [1.165, 1.54) is 6.92 Å². The van der Waals surface area contributed by atoms with Gasteiger partial charge in [0.25, 0.3) is 0 Å². The van der Waals surface area contributed by atoms with Crippen LogP contribution in [-0.2, 0) is 52.5 Å². The third kappa shape index (κ3) is 8.06. The van der Waals surface area contributed by atoms with Gasteiger partial charge in [0.05, 0.1) is 55.8 Å². The summed E-state index contributed by atoms with van der Waals surface area (Å²) >= 11 is 0. The lowest BCUT2D eigenvalue weighted by Crippen LogP contribution is -2.73. The molecule has 9 rings (SSSR count). The zero-order valence-electron chi connectivity index (χ0n) is 41.5. The molecule has 0 radical (unpaired) electrons. The Balaban J connectivity index is 1.03. The number of ether oxygens (including phenoxy) is 7. The quantitative estimate of drug-likeness (QED) is 0.0601. The van der Waals surface area contributed by atoms with Crippen molar-refractivity contribution >= 4 is 16.4 Å². The first-order valence-corrected chi connectivity index (χ1v) is 26.7. The Morgan fingerprint density at radius 1 is 0.694 bits per heavy atom. The third-order valence-corrected chi connectivity index (χ3v) is 21.0. The van der Waals surface area contributed by atoms with Crippen molar-refractivity contribution in [1.82, 2.24) is 0 Å². The predicted octanol–water partition coefficient (Wildman–Crippen LogP) is -1.51. The maximum Gasteiger partial charge on any atom is 0.397 e. The number of aliphatic hydroxyl groups excluding tert-OH is 10. The highest BCUT2D eigenvalue weighted by molar-refractivity contribution is 7.80. The molecule has 12 N–H and O–H groups in total. The lowest BCUT2D eigenvalue weighted by atomic mass is 9.32. The van der Waals surface area contributed by atoms with Crippen LogP contribution in [0.25, 0.3) is 0 Å². The first-order valence-electron chi connectivity index (χ1n) is 25.3. The van der Waals surface area contributed by atoms with Gasteiger partial charge in [-0.1, -0.05) is 39.8 Å². The van der Waals surface area contributed by atoms with Crippen LogP contribution < -0.4 is 0 Å². The molecule has 4 heterocycles. The van der Waals surface area contributed by atoms with E-state index in [0.29, 0.717) is 58.0 Å². The summed E-state index contributed by atoms with van der Waals surface area (Å²) in [7, 11) is -5.25. The number of rotatable bonds is 12. The zero-order chi connectivity index (χ0) is 52.7. The Morgan fingerprint density at radius 3 is 1.96 bits per heavy atom. The summed E-state index contributed by atoms with van der Waals surface area (Å²) in [5.41, 5.74) is -4.96. The van der Waals surface area contributed by atoms with E-state index < -0.39 is 172 Å². The first-order chi connectivity index (χ1) is 33.5. The highest BCUT2D eigenvalue weighted by atomic mass is 32.3. The standard InChI is InChI=1S/C48H76O23S/c1-21-29(53)36(69-39-34(58)32(56)35(23(18-50)67-39)71-72(61,62)63)37(70-38-33(57)31(55)30(54)22(17-49)66-38)40(65-21)68-28-9-10-43(3)24(44(28,4)19-51)7-11-45(5)25(43)8-12-48-26-15-42(2,41(59)60)13-14-47(26,20-64-48)27(52)16-46(45,48)6/h8,12,21-40,49-58H,7,9-11,13-20H2,1-6H3,(H,59,60)(H,61,62,63)/t21-,22-,23-,24-,25-,26-,27+,28+,29+,30-,31+,32-,33-,34-,35-,36+,37-,38+,39+,40+,42-,43+,44+,45-,46+,47?,48-/m1/s1. The summed E-state index contributed by atoms with van der Waals surface area (Å²) in [5, 5.41) is 121. The Kier molecular flexibility index (Phi) is 14.4. The van der Waals surface area contributed by atoms with Crippen molar-refractivity contribution in [3.63, 3.8) is 0 Å². The number of aliphatic hydroxyl groups is 10. The fraction of sp³-hybridized carbons (Fsp3) is 0.938. The molecule has 8 fully saturated rings. The largest absolute Gasteiger partial charge is 0.481 e. The molecule has 0 aromatic rings. The maximum atomic E-state index is 12.7. The molecule has 72 heavy (non-hydrogen) atoms. The molecular formula is C48H76O23S. The Labute approximate surface area is 418 Å². The van der Waals surface area contributed by atoms with Gasteiger partial charge in [-0.05, 0) is 87.9 Å². The van der Waals surface area contributed by atoms with Gasteiger partial charge in [0.15, 0.2) is 18.9 Å². The van der Waals surface area contributed by atoms with Crippen LogP contribution in [0, 0.1) is 50.2 Å². The Bertz CT molecular complexity index is 2170. The molecule has 9 aliphatic rings. The van der Waals surface area contributed by atoms with Crippen molar-refractivity contribution < 1.29 is 111 Å². The average molecular weight is 1050 g/mol. The summed E-state index contributed by atoms with van der Waals surface area (Å²) in [4.78, 5) is 12.7. The van der Waals surface area contributed by atoms with E-state index in [0.717, 1.165) is 0 Å². The van der Waals surface area contributed by atoms with E-state index in [4.69, 9.17) is 33.2 Å². The molecule has 0 aromatic carbocycles. The highest BCUT2D eigenvalue weighted by Gasteiger charge is 2.79. The predicted molar refractivity (Wildman–Crippen MR) is 242 cm³/mol. The SMILES string of the molecule is C[C@H]1O[C@@H](O[C@H]2CC[C@@]3(C)[C@@H](CC[C@]4(C)[C@@H]3C=C[C@@]35OCC6(CC[C@@](C)(C(=O)O)C[C@H]63)[C@@H](O)C[C@@]45C)[C@]2(C)CO)[C@H](O[C@@H]2O[C@H](CO)[C@@H](O)[C@H](O)[C@H]2O)[C@@H](O[C@@H]2O[C@H](CO)[C@@H](OS(=O)(=O)O)[C@H](O)[C@H]2O)[C@H]1O. The van der Waals surface area contributed by atoms with E-state index in [9.17, 15) is 73.9 Å². The van der Waals surface area contributed by atoms with Gasteiger partial charge in [-0.25, -0.2) is 4.18 Å². The molecule has 4 saturated carbocycles. The summed E-state index contributed by atoms with van der Waals surface area (Å²) in [6, 6.07) is 0. The molecular weight excluding hydrogens is 977 g/mol. The second-order valence-electron chi connectivity index (χ2n) is 24.0. The molecule has 0 amide bonds. The molecule has 4 aliphatic heterocycles. The first kappa shape index (κ1) is 55.2. The minimum atomic E-state index is -5.25. The summed E-state index contributed by atoms with van der Waals surface area (Å²) in [5.74, 6) is -1.41. The molecule has 27 atom stereocenters. The van der Waals surface area contributed by atoms with Crippen LogP contribution in [0.2, 0.25) is 0 Å². The number of carboxylic acid groups (broad SMARTS) is 1. The van der Waals surface area contributed by atoms with E-state index in [1.54, 1.807) is 6.92 Å². The minimum absolute atomic E-state index is 0.104. The molecule has 5 aliphatic carbocycles. The van der Waals surface area contributed by atoms with Gasteiger partial charge in [0.1, 0.15) is 67.1 Å². The third-order valence-electron chi connectivity index (χ3n) is 20.5. The van der Waals surface area contributed by atoms with Crippen LogP contribution in [0.1, 0.15) is 92.9 Å². The number of allylic oxidation sites excluding steroid dienone is 1. The lowest BCUT2D eigenvalue weighted by molar-refractivity contribution is -0.397. The van der Waals surface area contributed by atoms with Gasteiger partial charge in [-0.2, -0.15) is 8.42 Å². The fourth-order valence-corrected chi connectivity index (χ4v) is 16.6. The average Bonchev–Trinajstić information content (AvgIpc) is 3.60. The maximum absolute atomic E-state index is 12.7. The molecule has 1 spiro atoms. The number of carboxylic acids is 1. The molecule has 4 saturated heterocycles. The van der Waals surface area contributed by atoms with Crippen molar-refractivity contribution in [3.05, 3.63) is 12.2 Å². The van der Waals surface area contributed by atoms with Crippen molar-refractivity contribution in [2.24, 2.45) is 50.2 Å². The second-order valence-corrected chi connectivity index (χ2v) is 25.0. The molecule has 23 nitrogen and oxygen atoms in total. The number of hydrogen-bond donors (Lipinski definition) is 12. The van der Waals surface area contributed by atoms with Crippen molar-refractivity contribution in [2.45, 2.75) is 203 Å². The van der Waals surface area contributed by atoms with Crippen LogP contribution >= 0.6 is 0 Å². The Hall–Kier alpha value is -1.60. The monoisotopic (exact) mass is 1050 g/mol. The summed E-state index contributed by atoms with van der Waals surface area (Å²) < 4.78 is 81.1. The molecule has 2 bridgehead atoms. The minimum Gasteiger partial charge on any atom is -0.481 e. The normalized spacial score (nSPS) is 56.3. The van der Waals surface area contributed by atoms with Gasteiger partial charge in [-0.15, -0.1) is 0 Å². The number of aliphatic carboxylic acids is 1. The second kappa shape index (κ2) is 18.8. The van der Waals surface area contributed by atoms with E-state index in [-0.39, 0.29) is 24.4 Å². The summed E-state index contributed by atoms with van der Waals surface area (Å²) in [6.07, 6.45) is -20.2.